The molecule has 12 atom stereocenters. The molecule has 2 saturated heterocycles. The summed E-state index contributed by atoms with van der Waals surface area (Å²) in [5.74, 6) is -0.892. The fraction of sp³-hybridized carbons (Fsp3) is 0.905. The number of hydrogen-bond donors (Lipinski definition) is 4. The molecule has 9 heteroatoms. The Hall–Kier alpha value is -1.10. The van der Waals surface area contributed by atoms with Crippen molar-refractivity contribution in [3.8, 4) is 0 Å². The number of carbonyl (C=O) groups is 2. The highest BCUT2D eigenvalue weighted by Gasteiger charge is 2.62. The van der Waals surface area contributed by atoms with Gasteiger partial charge in [-0.05, 0) is 12.8 Å². The molecule has 4 N–H and O–H groups in total. The van der Waals surface area contributed by atoms with E-state index in [-0.39, 0.29) is 47.9 Å². The lowest BCUT2D eigenvalue weighted by molar-refractivity contribution is -0.326. The molecule has 2 heterocycles. The van der Waals surface area contributed by atoms with Crippen molar-refractivity contribution in [1.29, 1.82) is 0 Å². The highest BCUT2D eigenvalue weighted by Crippen LogP contribution is 2.58. The molecule has 0 spiro atoms. The van der Waals surface area contributed by atoms with Gasteiger partial charge in [-0.2, -0.15) is 0 Å². The Balaban J connectivity index is 1.60. The van der Waals surface area contributed by atoms with Gasteiger partial charge >= 0.3 is 5.97 Å². The second-order valence-corrected chi connectivity index (χ2v) is 9.71. The maximum atomic E-state index is 12.9. The zero-order valence-corrected chi connectivity index (χ0v) is 17.5. The largest absolute Gasteiger partial charge is 0.461 e. The number of ketones is 1. The van der Waals surface area contributed by atoms with Crippen molar-refractivity contribution in [1.82, 2.24) is 0 Å². The fourth-order valence-corrected chi connectivity index (χ4v) is 6.14. The van der Waals surface area contributed by atoms with Crippen LogP contribution in [0.15, 0.2) is 0 Å². The molecule has 0 aromatic carbocycles. The molecular formula is C21H32O9. The molecule has 9 nitrogen and oxygen atoms in total. The van der Waals surface area contributed by atoms with Gasteiger partial charge in [-0.1, -0.05) is 20.8 Å². The van der Waals surface area contributed by atoms with Gasteiger partial charge in [0.05, 0.1) is 18.6 Å². The van der Waals surface area contributed by atoms with Gasteiger partial charge in [-0.25, -0.2) is 0 Å². The van der Waals surface area contributed by atoms with E-state index in [2.05, 4.69) is 0 Å². The topological polar surface area (TPSA) is 143 Å². The second-order valence-electron chi connectivity index (χ2n) is 9.71. The summed E-state index contributed by atoms with van der Waals surface area (Å²) in [6, 6.07) is 0. The van der Waals surface area contributed by atoms with E-state index in [1.54, 1.807) is 0 Å². The van der Waals surface area contributed by atoms with E-state index in [0.717, 1.165) is 12.8 Å². The average Bonchev–Trinajstić information content (AvgIpc) is 2.99. The predicted octanol–water partition coefficient (Wildman–Crippen LogP) is -0.626. The van der Waals surface area contributed by atoms with Crippen LogP contribution in [0.25, 0.3) is 0 Å². The lowest BCUT2D eigenvalue weighted by Crippen LogP contribution is -2.63. The molecular weight excluding hydrogens is 396 g/mol. The van der Waals surface area contributed by atoms with Crippen molar-refractivity contribution < 1.29 is 44.2 Å². The highest BCUT2D eigenvalue weighted by molar-refractivity contribution is 5.83. The first kappa shape index (κ1) is 22.1. The Labute approximate surface area is 175 Å². The molecule has 170 valence electrons. The van der Waals surface area contributed by atoms with E-state index in [0.29, 0.717) is 0 Å². The zero-order valence-electron chi connectivity index (χ0n) is 17.5. The van der Waals surface area contributed by atoms with Gasteiger partial charge in [0.1, 0.15) is 36.3 Å². The molecule has 12 unspecified atom stereocenters. The summed E-state index contributed by atoms with van der Waals surface area (Å²) >= 11 is 0. The van der Waals surface area contributed by atoms with Crippen LogP contribution < -0.4 is 0 Å². The van der Waals surface area contributed by atoms with E-state index in [1.165, 1.54) is 0 Å². The highest BCUT2D eigenvalue weighted by atomic mass is 16.7. The number of hydrogen-bond acceptors (Lipinski definition) is 9. The number of rotatable bonds is 3. The molecule has 0 radical (unpaired) electrons. The Morgan fingerprint density at radius 3 is 2.47 bits per heavy atom. The molecule has 0 aromatic rings. The van der Waals surface area contributed by atoms with E-state index >= 15 is 0 Å². The Bertz CT molecular complexity index is 696. The van der Waals surface area contributed by atoms with Gasteiger partial charge in [0, 0.05) is 29.6 Å². The third-order valence-corrected chi connectivity index (χ3v) is 8.14. The zero-order chi connectivity index (χ0) is 22.0. The summed E-state index contributed by atoms with van der Waals surface area (Å²) < 4.78 is 17.3. The minimum atomic E-state index is -1.55. The summed E-state index contributed by atoms with van der Waals surface area (Å²) in [5, 5.41) is 39.9. The van der Waals surface area contributed by atoms with Crippen molar-refractivity contribution in [3.63, 3.8) is 0 Å². The number of ether oxygens (including phenoxy) is 3. The average molecular weight is 428 g/mol. The van der Waals surface area contributed by atoms with Gasteiger partial charge in [-0.3, -0.25) is 9.59 Å². The number of Topliss-reactive ketones (excluding diaryl/α,β-unsaturated/α-hetero) is 1. The van der Waals surface area contributed by atoms with Crippen molar-refractivity contribution in [3.05, 3.63) is 0 Å². The maximum Gasteiger partial charge on any atom is 0.309 e. The molecule has 2 aliphatic heterocycles. The van der Waals surface area contributed by atoms with Crippen LogP contribution in [0, 0.1) is 29.1 Å². The van der Waals surface area contributed by atoms with Crippen LogP contribution in [0.1, 0.15) is 40.0 Å². The third-order valence-electron chi connectivity index (χ3n) is 8.14. The van der Waals surface area contributed by atoms with Crippen LogP contribution in [0.2, 0.25) is 0 Å². The van der Waals surface area contributed by atoms with Crippen LogP contribution in [0.4, 0.5) is 0 Å². The van der Waals surface area contributed by atoms with Crippen LogP contribution in [-0.2, 0) is 23.8 Å². The predicted molar refractivity (Wildman–Crippen MR) is 101 cm³/mol. The minimum absolute atomic E-state index is 0.0108. The Morgan fingerprint density at radius 1 is 1.10 bits per heavy atom. The smallest absolute Gasteiger partial charge is 0.309 e. The van der Waals surface area contributed by atoms with Gasteiger partial charge in [0.25, 0.3) is 0 Å². The van der Waals surface area contributed by atoms with Crippen molar-refractivity contribution >= 4 is 11.8 Å². The molecule has 4 fully saturated rings. The van der Waals surface area contributed by atoms with Crippen LogP contribution >= 0.6 is 0 Å². The number of carbonyl (C=O) groups excluding carboxylic acids is 2. The third kappa shape index (κ3) is 3.22. The van der Waals surface area contributed by atoms with Gasteiger partial charge in [0.15, 0.2) is 6.29 Å². The van der Waals surface area contributed by atoms with E-state index in [9.17, 15) is 30.0 Å². The quantitative estimate of drug-likeness (QED) is 0.432. The first-order chi connectivity index (χ1) is 14.1. The summed E-state index contributed by atoms with van der Waals surface area (Å²) in [6.07, 6.45) is -6.31. The van der Waals surface area contributed by atoms with Gasteiger partial charge < -0.3 is 34.6 Å². The summed E-state index contributed by atoms with van der Waals surface area (Å²) in [5.41, 5.74) is -0.502. The van der Waals surface area contributed by atoms with E-state index in [4.69, 9.17) is 14.2 Å². The lowest BCUT2D eigenvalue weighted by atomic mass is 9.52. The fourth-order valence-electron chi connectivity index (χ4n) is 6.14. The Morgan fingerprint density at radius 2 is 1.80 bits per heavy atom. The Kier molecular flexibility index (Phi) is 5.74. The monoisotopic (exact) mass is 428 g/mol. The summed E-state index contributed by atoms with van der Waals surface area (Å²) in [6.45, 7) is 5.20. The molecule has 0 bridgehead atoms. The van der Waals surface area contributed by atoms with Crippen molar-refractivity contribution in [2.45, 2.75) is 82.9 Å². The molecule has 2 saturated carbocycles. The molecule has 0 amide bonds. The molecule has 30 heavy (non-hydrogen) atoms. The van der Waals surface area contributed by atoms with E-state index in [1.807, 2.05) is 20.8 Å². The molecule has 4 rings (SSSR count). The standard InChI is InChI=1S/C21H32O9/c1-8-10-4-5-21(3)13(6-11(23)9(2)14(21)18(10)30-19(8)27)29-20-17(26)16(25)15(24)12(7-22)28-20/h8-10,12-18,20,22,24-26H,4-7H2,1-3H3. The van der Waals surface area contributed by atoms with Crippen LogP contribution in [0.5, 0.6) is 0 Å². The number of aliphatic hydroxyl groups is 4. The van der Waals surface area contributed by atoms with Crippen LogP contribution in [0.3, 0.4) is 0 Å². The maximum absolute atomic E-state index is 12.9. The van der Waals surface area contributed by atoms with Gasteiger partial charge in [-0.15, -0.1) is 0 Å². The first-order valence-electron chi connectivity index (χ1n) is 10.8. The SMILES string of the molecule is CC1C(=O)OC2C1CCC1(C)C(OC3OC(CO)C(O)C(O)C3O)CC(=O)C(C)C21. The number of fused-ring (bicyclic) bond motifs is 3. The normalized spacial score (nSPS) is 53.8. The van der Waals surface area contributed by atoms with Crippen molar-refractivity contribution in [2.24, 2.45) is 29.1 Å². The molecule has 4 aliphatic rings. The van der Waals surface area contributed by atoms with E-state index < -0.39 is 48.8 Å². The summed E-state index contributed by atoms with van der Waals surface area (Å²) in [4.78, 5) is 25.1. The number of aliphatic hydroxyl groups excluding tert-OH is 4. The number of esters is 1. The second kappa shape index (κ2) is 7.79. The molecule has 2 aliphatic carbocycles. The lowest BCUT2D eigenvalue weighted by Gasteiger charge is -2.56. The van der Waals surface area contributed by atoms with Crippen LogP contribution in [-0.4, -0.2) is 81.7 Å². The molecule has 0 aromatic heterocycles. The minimum Gasteiger partial charge on any atom is -0.461 e. The van der Waals surface area contributed by atoms with Crippen molar-refractivity contribution in [2.75, 3.05) is 6.61 Å². The summed E-state index contributed by atoms with van der Waals surface area (Å²) in [7, 11) is 0. The first-order valence-corrected chi connectivity index (χ1v) is 10.8. The van der Waals surface area contributed by atoms with Gasteiger partial charge in [0.2, 0.25) is 0 Å².